The van der Waals surface area contributed by atoms with E-state index < -0.39 is 0 Å². The van der Waals surface area contributed by atoms with Crippen LogP contribution in [0.4, 0.5) is 0 Å². The first-order chi connectivity index (χ1) is 12.3. The van der Waals surface area contributed by atoms with Crippen LogP contribution in [-0.4, -0.2) is 31.3 Å². The largest absolute Gasteiger partial charge is 0.494 e. The van der Waals surface area contributed by atoms with E-state index >= 15 is 0 Å². The summed E-state index contributed by atoms with van der Waals surface area (Å²) in [6.45, 7) is 6.27. The maximum Gasteiger partial charge on any atom is 0.191 e. The number of nitrogens with one attached hydrogen (secondary N) is 2. The standard InChI is InChI=1S/C19H28N4O2/c1-4-17-16(18(5-2)25-23-17)14-22-19(20-3)21-12-9-13-24-15-10-7-6-8-11-15/h6-8,10-11H,4-5,9,12-14H2,1-3H3,(H2,20,21,22). The normalized spacial score (nSPS) is 11.4. The average molecular weight is 344 g/mol. The van der Waals surface area contributed by atoms with Gasteiger partial charge in [-0.15, -0.1) is 0 Å². The Morgan fingerprint density at radius 1 is 1.16 bits per heavy atom. The Kier molecular flexibility index (Phi) is 7.82. The summed E-state index contributed by atoms with van der Waals surface area (Å²) in [6.07, 6.45) is 2.60. The number of rotatable bonds is 9. The first-order valence-corrected chi connectivity index (χ1v) is 8.87. The van der Waals surface area contributed by atoms with Crippen molar-refractivity contribution in [1.29, 1.82) is 0 Å². The third-order valence-electron chi connectivity index (χ3n) is 3.89. The number of hydrogen-bond acceptors (Lipinski definition) is 4. The summed E-state index contributed by atoms with van der Waals surface area (Å²) < 4.78 is 11.1. The lowest BCUT2D eigenvalue weighted by atomic mass is 10.1. The summed E-state index contributed by atoms with van der Waals surface area (Å²) in [5.74, 6) is 2.61. The summed E-state index contributed by atoms with van der Waals surface area (Å²) in [5, 5.41) is 10.8. The van der Waals surface area contributed by atoms with Crippen molar-refractivity contribution in [3.63, 3.8) is 0 Å². The molecule has 0 saturated heterocycles. The molecule has 0 saturated carbocycles. The molecule has 6 nitrogen and oxygen atoms in total. The van der Waals surface area contributed by atoms with Crippen LogP contribution in [0.3, 0.4) is 0 Å². The van der Waals surface area contributed by atoms with Crippen LogP contribution >= 0.6 is 0 Å². The van der Waals surface area contributed by atoms with Crippen LogP contribution in [0.15, 0.2) is 39.8 Å². The van der Waals surface area contributed by atoms with Crippen molar-refractivity contribution in [2.75, 3.05) is 20.2 Å². The highest BCUT2D eigenvalue weighted by molar-refractivity contribution is 5.79. The van der Waals surface area contributed by atoms with Crippen LogP contribution in [0.2, 0.25) is 0 Å². The zero-order valence-electron chi connectivity index (χ0n) is 15.3. The molecule has 0 radical (unpaired) electrons. The van der Waals surface area contributed by atoms with Crippen LogP contribution in [0, 0.1) is 0 Å². The zero-order chi connectivity index (χ0) is 17.9. The molecule has 0 fully saturated rings. The maximum absolute atomic E-state index is 5.68. The molecule has 6 heteroatoms. The predicted molar refractivity (Wildman–Crippen MR) is 100 cm³/mol. The molecular weight excluding hydrogens is 316 g/mol. The van der Waals surface area contributed by atoms with Crippen LogP contribution in [0.25, 0.3) is 0 Å². The van der Waals surface area contributed by atoms with E-state index in [-0.39, 0.29) is 0 Å². The molecule has 25 heavy (non-hydrogen) atoms. The van der Waals surface area contributed by atoms with Crippen LogP contribution in [-0.2, 0) is 19.4 Å². The van der Waals surface area contributed by atoms with Gasteiger partial charge in [-0.25, -0.2) is 0 Å². The number of aromatic nitrogens is 1. The molecule has 2 N–H and O–H groups in total. The quantitative estimate of drug-likeness (QED) is 0.416. The van der Waals surface area contributed by atoms with Gasteiger partial charge in [0.2, 0.25) is 0 Å². The number of para-hydroxylation sites is 1. The molecule has 1 aromatic heterocycles. The molecule has 2 rings (SSSR count). The summed E-state index contributed by atoms with van der Waals surface area (Å²) in [7, 11) is 1.77. The van der Waals surface area contributed by atoms with E-state index in [0.29, 0.717) is 13.2 Å². The van der Waals surface area contributed by atoms with Crippen molar-refractivity contribution >= 4 is 5.96 Å². The van der Waals surface area contributed by atoms with Gasteiger partial charge in [-0.3, -0.25) is 4.99 Å². The number of aryl methyl sites for hydroxylation is 2. The van der Waals surface area contributed by atoms with Crippen molar-refractivity contribution < 1.29 is 9.26 Å². The minimum atomic E-state index is 0.663. The average Bonchev–Trinajstić information content (AvgIpc) is 3.06. The van der Waals surface area contributed by atoms with E-state index in [1.165, 1.54) is 0 Å². The van der Waals surface area contributed by atoms with Crippen molar-refractivity contribution in [2.45, 2.75) is 39.7 Å². The highest BCUT2D eigenvalue weighted by Gasteiger charge is 2.13. The summed E-state index contributed by atoms with van der Waals surface area (Å²) in [5.41, 5.74) is 2.15. The minimum absolute atomic E-state index is 0.663. The first-order valence-electron chi connectivity index (χ1n) is 8.87. The molecule has 0 aliphatic rings. The molecule has 0 spiro atoms. The Bertz CT molecular complexity index is 631. The van der Waals surface area contributed by atoms with Crippen molar-refractivity contribution in [1.82, 2.24) is 15.8 Å². The molecule has 1 aromatic carbocycles. The van der Waals surface area contributed by atoms with Crippen LogP contribution < -0.4 is 15.4 Å². The molecular formula is C19H28N4O2. The van der Waals surface area contributed by atoms with Gasteiger partial charge in [0, 0.05) is 32.1 Å². The van der Waals surface area contributed by atoms with Gasteiger partial charge in [0.25, 0.3) is 0 Å². The molecule has 0 unspecified atom stereocenters. The van der Waals surface area contributed by atoms with E-state index in [2.05, 4.69) is 34.6 Å². The lowest BCUT2D eigenvalue weighted by molar-refractivity contribution is 0.311. The summed E-state index contributed by atoms with van der Waals surface area (Å²) in [6, 6.07) is 9.85. The van der Waals surface area contributed by atoms with E-state index in [0.717, 1.165) is 54.5 Å². The summed E-state index contributed by atoms with van der Waals surface area (Å²) >= 11 is 0. The van der Waals surface area contributed by atoms with E-state index in [1.54, 1.807) is 7.05 Å². The Labute approximate surface area is 149 Å². The molecule has 0 aliphatic heterocycles. The molecule has 0 amide bonds. The smallest absolute Gasteiger partial charge is 0.191 e. The monoisotopic (exact) mass is 344 g/mol. The molecule has 0 aliphatic carbocycles. The molecule has 2 aromatic rings. The number of hydrogen-bond donors (Lipinski definition) is 2. The van der Waals surface area contributed by atoms with Crippen molar-refractivity contribution in [3.8, 4) is 5.75 Å². The Morgan fingerprint density at radius 2 is 1.96 bits per heavy atom. The fraction of sp³-hybridized carbons (Fsp3) is 0.474. The minimum Gasteiger partial charge on any atom is -0.494 e. The Hall–Kier alpha value is -2.50. The lowest BCUT2D eigenvalue weighted by Gasteiger charge is -2.12. The van der Waals surface area contributed by atoms with Gasteiger partial charge in [-0.05, 0) is 25.0 Å². The third kappa shape index (κ3) is 5.81. The van der Waals surface area contributed by atoms with E-state index in [1.807, 2.05) is 30.3 Å². The first kappa shape index (κ1) is 18.8. The second-order valence-corrected chi connectivity index (χ2v) is 5.61. The van der Waals surface area contributed by atoms with Crippen LogP contribution in [0.5, 0.6) is 5.75 Å². The second kappa shape index (κ2) is 10.4. The molecule has 0 bridgehead atoms. The van der Waals surface area contributed by atoms with Crippen LogP contribution in [0.1, 0.15) is 37.3 Å². The van der Waals surface area contributed by atoms with Gasteiger partial charge in [-0.1, -0.05) is 37.2 Å². The van der Waals surface area contributed by atoms with Crippen molar-refractivity contribution in [3.05, 3.63) is 47.3 Å². The van der Waals surface area contributed by atoms with Gasteiger partial charge in [0.1, 0.15) is 11.5 Å². The fourth-order valence-corrected chi connectivity index (χ4v) is 2.52. The van der Waals surface area contributed by atoms with Gasteiger partial charge in [0.15, 0.2) is 5.96 Å². The second-order valence-electron chi connectivity index (χ2n) is 5.61. The Balaban J connectivity index is 1.71. The number of nitrogens with zero attached hydrogens (tertiary/aromatic N) is 2. The number of benzene rings is 1. The molecule has 1 heterocycles. The fourth-order valence-electron chi connectivity index (χ4n) is 2.52. The zero-order valence-corrected chi connectivity index (χ0v) is 15.3. The highest BCUT2D eigenvalue weighted by atomic mass is 16.5. The topological polar surface area (TPSA) is 71.7 Å². The summed E-state index contributed by atoms with van der Waals surface area (Å²) in [4.78, 5) is 4.26. The van der Waals surface area contributed by atoms with E-state index in [4.69, 9.17) is 9.26 Å². The predicted octanol–water partition coefficient (Wildman–Crippen LogP) is 2.93. The maximum atomic E-state index is 5.68. The highest BCUT2D eigenvalue weighted by Crippen LogP contribution is 2.15. The third-order valence-corrected chi connectivity index (χ3v) is 3.89. The van der Waals surface area contributed by atoms with E-state index in [9.17, 15) is 0 Å². The van der Waals surface area contributed by atoms with Gasteiger partial charge < -0.3 is 19.9 Å². The van der Waals surface area contributed by atoms with Crippen molar-refractivity contribution in [2.24, 2.45) is 4.99 Å². The Morgan fingerprint density at radius 3 is 2.64 bits per heavy atom. The lowest BCUT2D eigenvalue weighted by Crippen LogP contribution is -2.37. The molecule has 0 atom stereocenters. The van der Waals surface area contributed by atoms with Gasteiger partial charge in [-0.2, -0.15) is 0 Å². The number of ether oxygens (including phenoxy) is 1. The van der Waals surface area contributed by atoms with Gasteiger partial charge in [0.05, 0.1) is 12.3 Å². The number of guanidine groups is 1. The van der Waals surface area contributed by atoms with Gasteiger partial charge >= 0.3 is 0 Å². The number of aliphatic imine (C=N–C) groups is 1. The molecule has 136 valence electrons. The SMILES string of the molecule is CCc1noc(CC)c1CNC(=NC)NCCCOc1ccccc1.